The van der Waals surface area contributed by atoms with Crippen LogP contribution < -0.4 is 19.9 Å². The van der Waals surface area contributed by atoms with Gasteiger partial charge in [0.15, 0.2) is 11.5 Å². The first-order chi connectivity index (χ1) is 11.8. The lowest BCUT2D eigenvalue weighted by Crippen LogP contribution is -2.09. The maximum absolute atomic E-state index is 12.7. The predicted octanol–water partition coefficient (Wildman–Crippen LogP) is 4.10. The second kappa shape index (κ2) is 7.55. The number of anilines is 1. The van der Waals surface area contributed by atoms with Crippen LogP contribution in [0, 0.1) is 0 Å². The van der Waals surface area contributed by atoms with Gasteiger partial charge in [0.2, 0.25) is 5.75 Å². The number of nitrogen functional groups attached to an aromatic ring is 1. The van der Waals surface area contributed by atoms with Crippen molar-refractivity contribution in [3.63, 3.8) is 0 Å². The molecule has 0 aliphatic carbocycles. The number of alkyl halides is 3. The van der Waals surface area contributed by atoms with Crippen LogP contribution in [-0.4, -0.2) is 21.3 Å². The molecule has 2 N–H and O–H groups in total. The molecule has 136 valence electrons. The maximum Gasteiger partial charge on any atom is 0.418 e. The van der Waals surface area contributed by atoms with Crippen molar-refractivity contribution in [1.29, 1.82) is 0 Å². The number of nitrogens with two attached hydrogens (primary N) is 1. The number of aryl methyl sites for hydroxylation is 2. The van der Waals surface area contributed by atoms with Crippen LogP contribution in [-0.2, 0) is 19.0 Å². The van der Waals surface area contributed by atoms with Crippen LogP contribution >= 0.6 is 0 Å². The summed E-state index contributed by atoms with van der Waals surface area (Å²) >= 11 is 0. The van der Waals surface area contributed by atoms with E-state index >= 15 is 0 Å². The molecule has 25 heavy (non-hydrogen) atoms. The number of methoxy groups -OCH3 is 3. The molecule has 2 rings (SSSR count). The third-order valence-corrected chi connectivity index (χ3v) is 3.85. The zero-order valence-corrected chi connectivity index (χ0v) is 14.2. The normalized spacial score (nSPS) is 11.3. The predicted molar refractivity (Wildman–Crippen MR) is 89.4 cm³/mol. The van der Waals surface area contributed by atoms with E-state index in [9.17, 15) is 13.2 Å². The lowest BCUT2D eigenvalue weighted by Gasteiger charge is -2.14. The van der Waals surface area contributed by atoms with Crippen LogP contribution in [0.3, 0.4) is 0 Å². The highest BCUT2D eigenvalue weighted by atomic mass is 19.4. The lowest BCUT2D eigenvalue weighted by atomic mass is 10.0. The topological polar surface area (TPSA) is 53.7 Å². The average Bonchev–Trinajstić information content (AvgIpc) is 2.57. The highest BCUT2D eigenvalue weighted by Gasteiger charge is 2.32. The summed E-state index contributed by atoms with van der Waals surface area (Å²) in [7, 11) is 4.57. The molecule has 0 aliphatic rings. The Labute approximate surface area is 144 Å². The SMILES string of the molecule is COc1cc(CCc2ccc(C(F)(F)F)c(N)c2)cc(OC)c1OC. The summed E-state index contributed by atoms with van der Waals surface area (Å²) in [5, 5.41) is 0. The average molecular weight is 355 g/mol. The maximum atomic E-state index is 12.7. The van der Waals surface area contributed by atoms with Gasteiger partial charge in [0.25, 0.3) is 0 Å². The molecule has 0 saturated carbocycles. The molecule has 0 heterocycles. The highest BCUT2D eigenvalue weighted by Crippen LogP contribution is 2.38. The molecule has 0 bridgehead atoms. The zero-order valence-electron chi connectivity index (χ0n) is 14.2. The lowest BCUT2D eigenvalue weighted by molar-refractivity contribution is -0.136. The Morgan fingerprint density at radius 3 is 1.84 bits per heavy atom. The number of hydrogen-bond donors (Lipinski definition) is 1. The molecule has 0 amide bonds. The highest BCUT2D eigenvalue weighted by molar-refractivity contribution is 5.54. The molecule has 7 heteroatoms. The second-order valence-corrected chi connectivity index (χ2v) is 5.45. The fourth-order valence-electron chi connectivity index (χ4n) is 2.59. The quantitative estimate of drug-likeness (QED) is 0.793. The van der Waals surface area contributed by atoms with Crippen LogP contribution in [0.15, 0.2) is 30.3 Å². The summed E-state index contributed by atoms with van der Waals surface area (Å²) in [6.07, 6.45) is -3.33. The summed E-state index contributed by atoms with van der Waals surface area (Å²) in [6.45, 7) is 0. The molecule has 0 radical (unpaired) electrons. The third-order valence-electron chi connectivity index (χ3n) is 3.85. The fourth-order valence-corrected chi connectivity index (χ4v) is 2.59. The van der Waals surface area contributed by atoms with Crippen molar-refractivity contribution >= 4 is 5.69 Å². The number of halogens is 3. The van der Waals surface area contributed by atoms with Crippen LogP contribution in [0.2, 0.25) is 0 Å². The monoisotopic (exact) mass is 355 g/mol. The molecule has 0 atom stereocenters. The van der Waals surface area contributed by atoms with E-state index in [-0.39, 0.29) is 5.69 Å². The van der Waals surface area contributed by atoms with Gasteiger partial charge in [-0.15, -0.1) is 0 Å². The standard InChI is InChI=1S/C18H20F3NO3/c1-23-15-9-12(10-16(24-2)17(15)25-3)5-4-11-6-7-13(14(22)8-11)18(19,20)21/h6-10H,4-5,22H2,1-3H3. The molecule has 0 aliphatic heterocycles. The van der Waals surface area contributed by atoms with Crippen molar-refractivity contribution in [1.82, 2.24) is 0 Å². The van der Waals surface area contributed by atoms with Gasteiger partial charge in [0.1, 0.15) is 0 Å². The molecule has 0 aromatic heterocycles. The van der Waals surface area contributed by atoms with E-state index in [0.717, 1.165) is 17.2 Å². The van der Waals surface area contributed by atoms with Crippen LogP contribution in [0.5, 0.6) is 17.2 Å². The van der Waals surface area contributed by atoms with Crippen molar-refractivity contribution < 1.29 is 27.4 Å². The molecule has 0 unspecified atom stereocenters. The van der Waals surface area contributed by atoms with Crippen LogP contribution in [0.4, 0.5) is 18.9 Å². The molecule has 0 spiro atoms. The van der Waals surface area contributed by atoms with Crippen LogP contribution in [0.25, 0.3) is 0 Å². The van der Waals surface area contributed by atoms with E-state index in [2.05, 4.69) is 0 Å². The molecule has 2 aromatic carbocycles. The van der Waals surface area contributed by atoms with E-state index in [0.29, 0.717) is 30.1 Å². The molecule has 0 saturated heterocycles. The Morgan fingerprint density at radius 2 is 1.40 bits per heavy atom. The molecular formula is C18H20F3NO3. The van der Waals surface area contributed by atoms with Crippen molar-refractivity contribution in [2.45, 2.75) is 19.0 Å². The van der Waals surface area contributed by atoms with Gasteiger partial charge in [-0.3, -0.25) is 0 Å². The second-order valence-electron chi connectivity index (χ2n) is 5.45. The molecular weight excluding hydrogens is 335 g/mol. The summed E-state index contributed by atoms with van der Waals surface area (Å²) < 4.78 is 54.1. The van der Waals surface area contributed by atoms with Crippen molar-refractivity contribution in [2.75, 3.05) is 27.1 Å². The summed E-state index contributed by atoms with van der Waals surface area (Å²) in [4.78, 5) is 0. The van der Waals surface area contributed by atoms with E-state index in [1.54, 1.807) is 0 Å². The summed E-state index contributed by atoms with van der Waals surface area (Å²) in [6, 6.07) is 7.45. The van der Waals surface area contributed by atoms with Crippen molar-refractivity contribution in [3.8, 4) is 17.2 Å². The fraction of sp³-hybridized carbons (Fsp3) is 0.333. The minimum atomic E-state index is -4.45. The minimum absolute atomic E-state index is 0.269. The first kappa shape index (κ1) is 18.8. The van der Waals surface area contributed by atoms with Gasteiger partial charge in [0, 0.05) is 5.69 Å². The summed E-state index contributed by atoms with van der Waals surface area (Å²) in [5.41, 5.74) is 6.08. The first-order valence-corrected chi connectivity index (χ1v) is 7.54. The van der Waals surface area contributed by atoms with E-state index < -0.39 is 11.7 Å². The van der Waals surface area contributed by atoms with E-state index in [1.165, 1.54) is 33.5 Å². The van der Waals surface area contributed by atoms with Gasteiger partial charge < -0.3 is 19.9 Å². The first-order valence-electron chi connectivity index (χ1n) is 7.54. The Kier molecular flexibility index (Phi) is 5.66. The number of hydrogen-bond acceptors (Lipinski definition) is 4. The van der Waals surface area contributed by atoms with Gasteiger partial charge >= 0.3 is 6.18 Å². The van der Waals surface area contributed by atoms with Gasteiger partial charge in [-0.25, -0.2) is 0 Å². The van der Waals surface area contributed by atoms with Gasteiger partial charge in [0.05, 0.1) is 26.9 Å². The molecule has 0 fully saturated rings. The van der Waals surface area contributed by atoms with Gasteiger partial charge in [-0.05, 0) is 48.2 Å². The Hall–Kier alpha value is -2.57. The van der Waals surface area contributed by atoms with Crippen LogP contribution in [0.1, 0.15) is 16.7 Å². The molecule has 2 aromatic rings. The third kappa shape index (κ3) is 4.29. The molecule has 4 nitrogen and oxygen atoms in total. The Morgan fingerprint density at radius 1 is 0.840 bits per heavy atom. The Balaban J connectivity index is 2.20. The number of benzene rings is 2. The van der Waals surface area contributed by atoms with E-state index in [1.807, 2.05) is 12.1 Å². The smallest absolute Gasteiger partial charge is 0.418 e. The largest absolute Gasteiger partial charge is 0.493 e. The zero-order chi connectivity index (χ0) is 18.6. The van der Waals surface area contributed by atoms with Crippen molar-refractivity contribution in [3.05, 3.63) is 47.0 Å². The Bertz CT molecular complexity index is 720. The van der Waals surface area contributed by atoms with Gasteiger partial charge in [-0.1, -0.05) is 6.07 Å². The summed E-state index contributed by atoms with van der Waals surface area (Å²) in [5.74, 6) is 1.56. The number of ether oxygens (including phenoxy) is 3. The van der Waals surface area contributed by atoms with Gasteiger partial charge in [-0.2, -0.15) is 13.2 Å². The van der Waals surface area contributed by atoms with Crippen molar-refractivity contribution in [2.24, 2.45) is 0 Å². The minimum Gasteiger partial charge on any atom is -0.493 e. The number of rotatable bonds is 6. The van der Waals surface area contributed by atoms with E-state index in [4.69, 9.17) is 19.9 Å².